The molecule has 0 aliphatic carbocycles. The minimum atomic E-state index is -0.481. The number of carbonyl (C=O) groups excluding carboxylic acids is 1. The maximum Gasteiger partial charge on any atom is 0.264 e. The number of amides is 1. The molecule has 0 aliphatic rings. The third kappa shape index (κ3) is 4.06. The van der Waals surface area contributed by atoms with Crippen LogP contribution in [0.4, 0.5) is 5.69 Å². The molecule has 0 bridgehead atoms. The molecule has 1 amide bonds. The Balaban J connectivity index is 1.99. The smallest absolute Gasteiger partial charge is 0.264 e. The molecule has 6 heteroatoms. The van der Waals surface area contributed by atoms with Gasteiger partial charge in [-0.15, -0.1) is 0 Å². The highest BCUT2D eigenvalue weighted by molar-refractivity contribution is 5.94. The zero-order valence-electron chi connectivity index (χ0n) is 12.0. The van der Waals surface area contributed by atoms with Crippen molar-refractivity contribution >= 4 is 11.6 Å². The number of carbonyl (C=O) groups is 1. The van der Waals surface area contributed by atoms with Crippen LogP contribution < -0.4 is 16.6 Å². The lowest BCUT2D eigenvalue weighted by Crippen LogP contribution is -2.35. The maximum atomic E-state index is 11.9. The molecule has 2 aromatic rings. The summed E-state index contributed by atoms with van der Waals surface area (Å²) in [4.78, 5) is 23.0. The van der Waals surface area contributed by atoms with Gasteiger partial charge in [0.05, 0.1) is 11.7 Å². The van der Waals surface area contributed by atoms with E-state index < -0.39 is 6.04 Å². The number of H-pyrrole nitrogens is 2. The maximum absolute atomic E-state index is 11.9. The highest BCUT2D eigenvalue weighted by Crippen LogP contribution is 2.18. The Hall–Kier alpha value is -2.34. The summed E-state index contributed by atoms with van der Waals surface area (Å²) in [6, 6.07) is 8.22. The predicted molar refractivity (Wildman–Crippen MR) is 83.0 cm³/mol. The van der Waals surface area contributed by atoms with E-state index in [1.807, 2.05) is 12.1 Å². The highest BCUT2D eigenvalue weighted by Gasteiger charge is 2.12. The summed E-state index contributed by atoms with van der Waals surface area (Å²) in [6.07, 6.45) is 2.64. The number of rotatable bonds is 6. The van der Waals surface area contributed by atoms with Crippen LogP contribution in [0.2, 0.25) is 0 Å². The number of aromatic amines is 2. The van der Waals surface area contributed by atoms with Gasteiger partial charge in [0, 0.05) is 11.8 Å². The Kier molecular flexibility index (Phi) is 4.94. The van der Waals surface area contributed by atoms with Gasteiger partial charge in [0.15, 0.2) is 0 Å². The first kappa shape index (κ1) is 15.1. The summed E-state index contributed by atoms with van der Waals surface area (Å²) >= 11 is 0. The van der Waals surface area contributed by atoms with Crippen molar-refractivity contribution in [3.8, 4) is 11.3 Å². The normalized spacial score (nSPS) is 12.1. The van der Waals surface area contributed by atoms with Crippen molar-refractivity contribution in [1.29, 1.82) is 0 Å². The molecular weight excluding hydrogens is 268 g/mol. The number of anilines is 1. The van der Waals surface area contributed by atoms with Gasteiger partial charge in [-0.05, 0) is 24.1 Å². The summed E-state index contributed by atoms with van der Waals surface area (Å²) in [5, 5.41) is 8.05. The Morgan fingerprint density at radius 2 is 2.00 bits per heavy atom. The lowest BCUT2D eigenvalue weighted by Gasteiger charge is -2.12. The van der Waals surface area contributed by atoms with Crippen LogP contribution in [0.5, 0.6) is 0 Å². The number of nitrogens with two attached hydrogens (primary N) is 1. The molecule has 6 nitrogen and oxygen atoms in total. The van der Waals surface area contributed by atoms with Crippen molar-refractivity contribution in [3.63, 3.8) is 0 Å². The van der Waals surface area contributed by atoms with Gasteiger partial charge < -0.3 is 11.1 Å². The molecule has 1 aromatic carbocycles. The van der Waals surface area contributed by atoms with Crippen LogP contribution in [0.15, 0.2) is 35.1 Å². The molecule has 1 atom stereocenters. The summed E-state index contributed by atoms with van der Waals surface area (Å²) in [7, 11) is 0. The fraction of sp³-hybridized carbons (Fsp3) is 0.333. The number of aromatic nitrogens is 2. The molecule has 0 aliphatic heterocycles. The van der Waals surface area contributed by atoms with Crippen LogP contribution in [0.3, 0.4) is 0 Å². The molecule has 21 heavy (non-hydrogen) atoms. The molecule has 0 fully saturated rings. The van der Waals surface area contributed by atoms with Gasteiger partial charge in [0.25, 0.3) is 5.56 Å². The number of unbranched alkanes of at least 4 members (excludes halogenated alkanes) is 1. The van der Waals surface area contributed by atoms with Gasteiger partial charge in [-0.3, -0.25) is 19.8 Å². The van der Waals surface area contributed by atoms with E-state index in [1.54, 1.807) is 12.1 Å². The van der Waals surface area contributed by atoms with Crippen molar-refractivity contribution in [2.24, 2.45) is 5.73 Å². The van der Waals surface area contributed by atoms with Crippen molar-refractivity contribution in [3.05, 3.63) is 40.7 Å². The van der Waals surface area contributed by atoms with Crippen LogP contribution in [-0.4, -0.2) is 22.1 Å². The Labute approximate surface area is 122 Å². The zero-order chi connectivity index (χ0) is 15.2. The van der Waals surface area contributed by atoms with Gasteiger partial charge in [-0.1, -0.05) is 31.9 Å². The van der Waals surface area contributed by atoms with Gasteiger partial charge in [-0.25, -0.2) is 0 Å². The van der Waals surface area contributed by atoms with Gasteiger partial charge >= 0.3 is 0 Å². The van der Waals surface area contributed by atoms with E-state index in [4.69, 9.17) is 5.73 Å². The molecule has 5 N–H and O–H groups in total. The van der Waals surface area contributed by atoms with Crippen molar-refractivity contribution < 1.29 is 4.79 Å². The second-order valence-electron chi connectivity index (χ2n) is 4.99. The summed E-state index contributed by atoms with van der Waals surface area (Å²) < 4.78 is 0. The molecular formula is C15H20N4O2. The van der Waals surface area contributed by atoms with E-state index >= 15 is 0 Å². The zero-order valence-corrected chi connectivity index (χ0v) is 12.0. The van der Waals surface area contributed by atoms with Crippen LogP contribution >= 0.6 is 0 Å². The third-order valence-electron chi connectivity index (χ3n) is 3.26. The first-order valence-electron chi connectivity index (χ1n) is 7.04. The van der Waals surface area contributed by atoms with E-state index in [1.165, 1.54) is 6.07 Å². The third-order valence-corrected chi connectivity index (χ3v) is 3.26. The van der Waals surface area contributed by atoms with Crippen LogP contribution in [0.25, 0.3) is 11.3 Å². The van der Waals surface area contributed by atoms with E-state index in [0.29, 0.717) is 17.8 Å². The number of nitrogens with one attached hydrogen (secondary N) is 3. The average Bonchev–Trinajstić information content (AvgIpc) is 2.92. The number of hydrogen-bond donors (Lipinski definition) is 4. The lowest BCUT2D eigenvalue weighted by molar-refractivity contribution is -0.117. The minimum Gasteiger partial charge on any atom is -0.325 e. The number of benzene rings is 1. The molecule has 0 radical (unpaired) electrons. The second kappa shape index (κ2) is 6.90. The van der Waals surface area contributed by atoms with E-state index in [9.17, 15) is 9.59 Å². The van der Waals surface area contributed by atoms with Crippen LogP contribution in [-0.2, 0) is 4.79 Å². The summed E-state index contributed by atoms with van der Waals surface area (Å²) in [5.74, 6) is -0.175. The quantitative estimate of drug-likeness (QED) is 0.651. The van der Waals surface area contributed by atoms with Gasteiger partial charge in [0.1, 0.15) is 0 Å². The van der Waals surface area contributed by atoms with Crippen LogP contribution in [0.1, 0.15) is 26.2 Å². The van der Waals surface area contributed by atoms with Crippen molar-refractivity contribution in [1.82, 2.24) is 10.2 Å². The summed E-state index contributed by atoms with van der Waals surface area (Å²) in [5.41, 5.74) is 7.90. The molecule has 1 aromatic heterocycles. The molecule has 0 unspecified atom stereocenters. The van der Waals surface area contributed by atoms with E-state index in [-0.39, 0.29) is 11.5 Å². The largest absolute Gasteiger partial charge is 0.325 e. The fourth-order valence-corrected chi connectivity index (χ4v) is 2.01. The first-order chi connectivity index (χ1) is 10.1. The van der Waals surface area contributed by atoms with Crippen LogP contribution in [0, 0.1) is 0 Å². The molecule has 0 saturated carbocycles. The van der Waals surface area contributed by atoms with Gasteiger partial charge in [0.2, 0.25) is 5.91 Å². The monoisotopic (exact) mass is 288 g/mol. The molecule has 2 rings (SSSR count). The molecule has 0 saturated heterocycles. The first-order valence-corrected chi connectivity index (χ1v) is 7.04. The topological polar surface area (TPSA) is 104 Å². The fourth-order valence-electron chi connectivity index (χ4n) is 2.01. The SMILES string of the molecule is CCCC[C@H](N)C(=O)Nc1ccc(-c2cc(=O)[nH][nH]2)cc1. The molecule has 0 spiro atoms. The standard InChI is InChI=1S/C15H20N4O2/c1-2-3-4-12(16)15(21)17-11-7-5-10(6-8-11)13-9-14(20)19-18-13/h5-9,12H,2-4,16H2,1H3,(H,17,21)(H2,18,19,20)/t12-/m0/s1. The highest BCUT2D eigenvalue weighted by atomic mass is 16.2. The molecule has 1 heterocycles. The molecule has 112 valence electrons. The second-order valence-corrected chi connectivity index (χ2v) is 4.99. The van der Waals surface area contributed by atoms with Crippen molar-refractivity contribution in [2.45, 2.75) is 32.2 Å². The average molecular weight is 288 g/mol. The lowest BCUT2D eigenvalue weighted by atomic mass is 10.1. The van der Waals surface area contributed by atoms with E-state index in [2.05, 4.69) is 22.4 Å². The Morgan fingerprint density at radius 1 is 1.29 bits per heavy atom. The minimum absolute atomic E-state index is 0.175. The van der Waals surface area contributed by atoms with Crippen molar-refractivity contribution in [2.75, 3.05) is 5.32 Å². The number of hydrogen-bond acceptors (Lipinski definition) is 3. The predicted octanol–water partition coefficient (Wildman–Crippen LogP) is 1.83. The van der Waals surface area contributed by atoms with Gasteiger partial charge in [-0.2, -0.15) is 0 Å². The Bertz CT molecular complexity index is 642. The summed E-state index contributed by atoms with van der Waals surface area (Å²) in [6.45, 7) is 2.06. The Morgan fingerprint density at radius 3 is 2.57 bits per heavy atom. The van der Waals surface area contributed by atoms with E-state index in [0.717, 1.165) is 18.4 Å².